The molecule has 0 saturated heterocycles. The molecule has 1 aromatic heterocycles. The lowest BCUT2D eigenvalue weighted by Gasteiger charge is -2.00. The van der Waals surface area contributed by atoms with E-state index >= 15 is 0 Å². The Hall–Kier alpha value is -2.29. The summed E-state index contributed by atoms with van der Waals surface area (Å²) in [5.41, 5.74) is 4.98. The lowest BCUT2D eigenvalue weighted by molar-refractivity contribution is 0.620. The molecule has 1 heterocycles. The van der Waals surface area contributed by atoms with Gasteiger partial charge in [-0.3, -0.25) is 0 Å². The smallest absolute Gasteiger partial charge is 0.227 e. The Labute approximate surface area is 112 Å². The highest BCUT2D eigenvalue weighted by Gasteiger charge is 2.08. The van der Waals surface area contributed by atoms with Crippen LogP contribution in [-0.4, -0.2) is 11.5 Å². The Bertz CT molecular complexity index is 716. The number of oxazole rings is 1. The second kappa shape index (κ2) is 4.76. The van der Waals surface area contributed by atoms with Crippen molar-refractivity contribution in [1.82, 2.24) is 4.98 Å². The van der Waals surface area contributed by atoms with Gasteiger partial charge in [-0.25, -0.2) is 4.98 Å². The maximum atomic E-state index is 5.84. The van der Waals surface area contributed by atoms with E-state index in [4.69, 9.17) is 4.42 Å². The number of aromatic nitrogens is 1. The van der Waals surface area contributed by atoms with Crippen LogP contribution >= 0.6 is 0 Å². The summed E-state index contributed by atoms with van der Waals surface area (Å²) in [5.74, 6) is 0.673. The molecule has 0 spiro atoms. The third-order valence-electron chi connectivity index (χ3n) is 3.03. The van der Waals surface area contributed by atoms with E-state index in [1.165, 1.54) is 5.56 Å². The zero-order chi connectivity index (χ0) is 13.2. The Morgan fingerprint density at radius 2 is 2.05 bits per heavy atom. The molecule has 3 aromatic rings. The number of nitrogens with one attached hydrogen (secondary N) is 1. The number of rotatable bonds is 3. The Morgan fingerprint density at radius 1 is 1.16 bits per heavy atom. The molecule has 0 bridgehead atoms. The molecule has 3 heteroatoms. The van der Waals surface area contributed by atoms with E-state index in [1.807, 2.05) is 30.3 Å². The minimum Gasteiger partial charge on any atom is -0.436 e. The molecule has 0 fully saturated rings. The molecule has 2 aromatic carbocycles. The lowest BCUT2D eigenvalue weighted by Crippen LogP contribution is -1.95. The number of nitrogens with zero attached hydrogens (tertiary/aromatic N) is 1. The summed E-state index contributed by atoms with van der Waals surface area (Å²) in [6.45, 7) is 5.03. The van der Waals surface area contributed by atoms with Crippen LogP contribution in [0.15, 0.2) is 46.9 Å². The SMILES string of the molecule is CCNc1ccc2nc(-c3cccc(C)c3)oc2c1. The molecule has 3 rings (SSSR count). The monoisotopic (exact) mass is 252 g/mol. The molecule has 0 aliphatic carbocycles. The minimum atomic E-state index is 0.673. The molecule has 3 nitrogen and oxygen atoms in total. The molecule has 0 amide bonds. The van der Waals surface area contributed by atoms with Gasteiger partial charge in [-0.1, -0.05) is 17.7 Å². The summed E-state index contributed by atoms with van der Waals surface area (Å²) in [6, 6.07) is 14.2. The number of hydrogen-bond donors (Lipinski definition) is 1. The minimum absolute atomic E-state index is 0.673. The summed E-state index contributed by atoms with van der Waals surface area (Å²) in [6.07, 6.45) is 0. The predicted molar refractivity (Wildman–Crippen MR) is 78.3 cm³/mol. The molecule has 0 radical (unpaired) electrons. The van der Waals surface area contributed by atoms with Crippen LogP contribution in [0.25, 0.3) is 22.6 Å². The molecule has 0 unspecified atom stereocenters. The van der Waals surface area contributed by atoms with Gasteiger partial charge in [0.2, 0.25) is 5.89 Å². The van der Waals surface area contributed by atoms with E-state index in [0.717, 1.165) is 28.9 Å². The van der Waals surface area contributed by atoms with Crippen LogP contribution in [0.2, 0.25) is 0 Å². The first-order valence-electron chi connectivity index (χ1n) is 6.48. The van der Waals surface area contributed by atoms with E-state index in [9.17, 15) is 0 Å². The first kappa shape index (κ1) is 11.8. The topological polar surface area (TPSA) is 38.1 Å². The van der Waals surface area contributed by atoms with Gasteiger partial charge in [0.25, 0.3) is 0 Å². The molecule has 96 valence electrons. The van der Waals surface area contributed by atoms with E-state index < -0.39 is 0 Å². The second-order valence-corrected chi connectivity index (χ2v) is 4.60. The summed E-state index contributed by atoms with van der Waals surface area (Å²) >= 11 is 0. The summed E-state index contributed by atoms with van der Waals surface area (Å²) in [5, 5.41) is 3.27. The van der Waals surface area contributed by atoms with E-state index in [0.29, 0.717) is 5.89 Å². The first-order chi connectivity index (χ1) is 9.26. The van der Waals surface area contributed by atoms with Gasteiger partial charge in [0.15, 0.2) is 5.58 Å². The van der Waals surface area contributed by atoms with Crippen LogP contribution in [0.3, 0.4) is 0 Å². The third kappa shape index (κ3) is 2.32. The average molecular weight is 252 g/mol. The predicted octanol–water partition coefficient (Wildman–Crippen LogP) is 4.24. The van der Waals surface area contributed by atoms with Crippen LogP contribution < -0.4 is 5.32 Å². The summed E-state index contributed by atoms with van der Waals surface area (Å²) in [7, 11) is 0. The van der Waals surface area contributed by atoms with Crippen LogP contribution in [-0.2, 0) is 0 Å². The number of anilines is 1. The maximum Gasteiger partial charge on any atom is 0.227 e. The highest BCUT2D eigenvalue weighted by atomic mass is 16.3. The maximum absolute atomic E-state index is 5.84. The van der Waals surface area contributed by atoms with E-state index in [-0.39, 0.29) is 0 Å². The van der Waals surface area contributed by atoms with E-state index in [1.54, 1.807) is 0 Å². The zero-order valence-corrected chi connectivity index (χ0v) is 11.1. The van der Waals surface area contributed by atoms with Crippen molar-refractivity contribution in [3.63, 3.8) is 0 Å². The van der Waals surface area contributed by atoms with Gasteiger partial charge in [-0.05, 0) is 38.1 Å². The lowest BCUT2D eigenvalue weighted by atomic mass is 10.1. The van der Waals surface area contributed by atoms with Gasteiger partial charge in [0, 0.05) is 23.9 Å². The van der Waals surface area contributed by atoms with Gasteiger partial charge in [0.1, 0.15) is 5.52 Å². The average Bonchev–Trinajstić information content (AvgIpc) is 2.82. The van der Waals surface area contributed by atoms with Crippen LogP contribution in [0.5, 0.6) is 0 Å². The number of aryl methyl sites for hydroxylation is 1. The molecule has 19 heavy (non-hydrogen) atoms. The highest BCUT2D eigenvalue weighted by Crippen LogP contribution is 2.26. The van der Waals surface area contributed by atoms with Crippen molar-refractivity contribution in [2.75, 3.05) is 11.9 Å². The molecular formula is C16H16N2O. The van der Waals surface area contributed by atoms with Crippen molar-refractivity contribution in [3.8, 4) is 11.5 Å². The third-order valence-corrected chi connectivity index (χ3v) is 3.03. The number of hydrogen-bond acceptors (Lipinski definition) is 3. The molecule has 0 aliphatic heterocycles. The van der Waals surface area contributed by atoms with Gasteiger partial charge >= 0.3 is 0 Å². The van der Waals surface area contributed by atoms with Crippen LogP contribution in [0.4, 0.5) is 5.69 Å². The highest BCUT2D eigenvalue weighted by molar-refractivity contribution is 5.79. The summed E-state index contributed by atoms with van der Waals surface area (Å²) in [4.78, 5) is 4.53. The zero-order valence-electron chi connectivity index (χ0n) is 11.1. The molecule has 1 N–H and O–H groups in total. The number of benzene rings is 2. The van der Waals surface area contributed by atoms with Crippen molar-refractivity contribution in [3.05, 3.63) is 48.0 Å². The van der Waals surface area contributed by atoms with Crippen molar-refractivity contribution < 1.29 is 4.42 Å². The standard InChI is InChI=1S/C16H16N2O/c1-3-17-13-7-8-14-15(10-13)19-16(18-14)12-6-4-5-11(2)9-12/h4-10,17H,3H2,1-2H3. The Kier molecular flexibility index (Phi) is 2.95. The fourth-order valence-electron chi connectivity index (χ4n) is 2.14. The van der Waals surface area contributed by atoms with Crippen LogP contribution in [0, 0.1) is 6.92 Å². The normalized spacial score (nSPS) is 10.8. The van der Waals surface area contributed by atoms with Gasteiger partial charge in [0.05, 0.1) is 0 Å². The molecule has 0 atom stereocenters. The molecule has 0 saturated carbocycles. The molecule has 0 aliphatic rings. The first-order valence-corrected chi connectivity index (χ1v) is 6.48. The molecular weight excluding hydrogens is 236 g/mol. The second-order valence-electron chi connectivity index (χ2n) is 4.60. The number of fused-ring (bicyclic) bond motifs is 1. The van der Waals surface area contributed by atoms with Crippen molar-refractivity contribution >= 4 is 16.8 Å². The fourth-order valence-corrected chi connectivity index (χ4v) is 2.14. The largest absolute Gasteiger partial charge is 0.436 e. The van der Waals surface area contributed by atoms with Crippen molar-refractivity contribution in [2.45, 2.75) is 13.8 Å². The van der Waals surface area contributed by atoms with Crippen LogP contribution in [0.1, 0.15) is 12.5 Å². The van der Waals surface area contributed by atoms with Crippen molar-refractivity contribution in [1.29, 1.82) is 0 Å². The van der Waals surface area contributed by atoms with Gasteiger partial charge in [-0.2, -0.15) is 0 Å². The Morgan fingerprint density at radius 3 is 2.84 bits per heavy atom. The fraction of sp³-hybridized carbons (Fsp3) is 0.188. The summed E-state index contributed by atoms with van der Waals surface area (Å²) < 4.78 is 5.84. The quantitative estimate of drug-likeness (QED) is 0.757. The van der Waals surface area contributed by atoms with Crippen molar-refractivity contribution in [2.24, 2.45) is 0 Å². The van der Waals surface area contributed by atoms with E-state index in [2.05, 4.69) is 36.3 Å². The van der Waals surface area contributed by atoms with Gasteiger partial charge < -0.3 is 9.73 Å². The Balaban J connectivity index is 2.06. The van der Waals surface area contributed by atoms with Gasteiger partial charge in [-0.15, -0.1) is 0 Å².